The molecule has 0 aliphatic heterocycles. The second-order valence-electron chi connectivity index (χ2n) is 13.0. The van der Waals surface area contributed by atoms with Crippen molar-refractivity contribution in [2.24, 2.45) is 0 Å². The van der Waals surface area contributed by atoms with Gasteiger partial charge in [0.1, 0.15) is 11.2 Å². The van der Waals surface area contributed by atoms with E-state index in [9.17, 15) is 0 Å². The number of nitrogens with one attached hydrogen (secondary N) is 1. The maximum atomic E-state index is 6.43. The summed E-state index contributed by atoms with van der Waals surface area (Å²) in [5, 5.41) is 6.08. The molecule has 9 rings (SSSR count). The first-order valence-electron chi connectivity index (χ1n) is 17.3. The highest BCUT2D eigenvalue weighted by atomic mass is 16.3. The number of para-hydroxylation sites is 3. The van der Waals surface area contributed by atoms with E-state index in [1.54, 1.807) is 0 Å². The summed E-state index contributed by atoms with van der Waals surface area (Å²) in [5.41, 5.74) is 13.8. The molecule has 1 N–H and O–H groups in total. The molecule has 0 spiro atoms. The van der Waals surface area contributed by atoms with E-state index in [2.05, 4.69) is 187 Å². The van der Waals surface area contributed by atoms with Gasteiger partial charge in [0.05, 0.1) is 6.04 Å². The molecule has 238 valence electrons. The van der Waals surface area contributed by atoms with Gasteiger partial charge in [0.15, 0.2) is 0 Å². The summed E-state index contributed by atoms with van der Waals surface area (Å²) in [5.74, 6) is 0.116. The molecule has 1 heterocycles. The molecular weight excluding hydrogens is 607 g/mol. The molecule has 0 saturated heterocycles. The van der Waals surface area contributed by atoms with Gasteiger partial charge in [-0.05, 0) is 62.7 Å². The molecule has 0 fully saturated rings. The van der Waals surface area contributed by atoms with E-state index in [0.717, 1.165) is 33.2 Å². The van der Waals surface area contributed by atoms with Crippen LogP contribution in [0.25, 0.3) is 60.9 Å². The molecule has 2 atom stereocenters. The van der Waals surface area contributed by atoms with Crippen molar-refractivity contribution < 1.29 is 4.42 Å². The van der Waals surface area contributed by atoms with E-state index < -0.39 is 0 Å². The van der Waals surface area contributed by atoms with Crippen molar-refractivity contribution >= 4 is 33.2 Å². The average molecular weight is 642 g/mol. The molecule has 1 aliphatic rings. The number of fused-ring (bicyclic) bond motifs is 3. The van der Waals surface area contributed by atoms with Crippen molar-refractivity contribution in [2.45, 2.75) is 12.0 Å². The fraction of sp³-hybridized carbons (Fsp3) is 0.0417. The van der Waals surface area contributed by atoms with Crippen molar-refractivity contribution in [3.63, 3.8) is 0 Å². The highest BCUT2D eigenvalue weighted by molar-refractivity contribution is 6.08. The monoisotopic (exact) mass is 641 g/mol. The third kappa shape index (κ3) is 5.71. The predicted octanol–water partition coefficient (Wildman–Crippen LogP) is 12.8. The van der Waals surface area contributed by atoms with Crippen molar-refractivity contribution in [3.05, 3.63) is 205 Å². The molecule has 1 aromatic heterocycles. The number of rotatable bonds is 7. The highest BCUT2D eigenvalue weighted by Gasteiger charge is 2.25. The Kier molecular flexibility index (Phi) is 7.68. The summed E-state index contributed by atoms with van der Waals surface area (Å²) in [7, 11) is 0. The van der Waals surface area contributed by atoms with Gasteiger partial charge in [-0.1, -0.05) is 176 Å². The number of hydrogen-bond acceptors (Lipinski definition) is 2. The quantitative estimate of drug-likeness (QED) is 0.187. The van der Waals surface area contributed by atoms with Gasteiger partial charge in [-0.25, -0.2) is 0 Å². The average Bonchev–Trinajstić information content (AvgIpc) is 3.58. The van der Waals surface area contributed by atoms with Crippen LogP contribution in [-0.2, 0) is 0 Å². The maximum Gasteiger partial charge on any atom is 0.143 e. The molecule has 0 saturated carbocycles. The van der Waals surface area contributed by atoms with E-state index in [0.29, 0.717) is 0 Å². The van der Waals surface area contributed by atoms with Crippen LogP contribution >= 0.6 is 0 Å². The summed E-state index contributed by atoms with van der Waals surface area (Å²) in [6.45, 7) is 0. The third-order valence-corrected chi connectivity index (χ3v) is 9.89. The largest absolute Gasteiger partial charge is 0.455 e. The van der Waals surface area contributed by atoms with Gasteiger partial charge in [0.2, 0.25) is 0 Å². The maximum absolute atomic E-state index is 6.43. The Hall–Kier alpha value is -6.38. The second-order valence-corrected chi connectivity index (χ2v) is 13.0. The number of anilines is 1. The predicted molar refractivity (Wildman–Crippen MR) is 210 cm³/mol. The van der Waals surface area contributed by atoms with Crippen molar-refractivity contribution in [1.82, 2.24) is 0 Å². The van der Waals surface area contributed by atoms with Crippen molar-refractivity contribution in [2.75, 3.05) is 5.32 Å². The van der Waals surface area contributed by atoms with Crippen LogP contribution in [0.1, 0.15) is 17.0 Å². The first kappa shape index (κ1) is 29.7. The normalized spacial score (nSPS) is 15.6. The van der Waals surface area contributed by atoms with Gasteiger partial charge >= 0.3 is 0 Å². The fourth-order valence-corrected chi connectivity index (χ4v) is 7.24. The van der Waals surface area contributed by atoms with E-state index >= 15 is 0 Å². The lowest BCUT2D eigenvalue weighted by atomic mass is 9.83. The summed E-state index contributed by atoms with van der Waals surface area (Å²) in [6, 6.07) is 62.6. The molecule has 50 heavy (non-hydrogen) atoms. The van der Waals surface area contributed by atoms with Gasteiger partial charge in [-0.15, -0.1) is 0 Å². The molecule has 0 bridgehead atoms. The zero-order valence-corrected chi connectivity index (χ0v) is 27.5. The van der Waals surface area contributed by atoms with Gasteiger partial charge in [0.25, 0.3) is 0 Å². The molecule has 2 unspecified atom stereocenters. The standard InChI is InChI=1S/C48H35NO/c1-3-10-33(11-4-1)34-18-20-35(21-19-34)36-22-24-37(25-23-36)38-26-28-39(29-27-38)45-32-40(30-31-46(45)49-41-12-5-2-6-13-41)42-15-9-16-44-43-14-7-8-17-47(43)50-48(42)44/h1-32,45-46,49H. The lowest BCUT2D eigenvalue weighted by Gasteiger charge is -2.29. The van der Waals surface area contributed by atoms with Gasteiger partial charge in [0, 0.05) is 27.9 Å². The van der Waals surface area contributed by atoms with E-state index in [4.69, 9.17) is 4.42 Å². The summed E-state index contributed by atoms with van der Waals surface area (Å²) in [6.07, 6.45) is 6.94. The third-order valence-electron chi connectivity index (χ3n) is 9.89. The molecule has 7 aromatic carbocycles. The minimum Gasteiger partial charge on any atom is -0.455 e. The minimum absolute atomic E-state index is 0.0921. The molecule has 1 aliphatic carbocycles. The molecule has 8 aromatic rings. The first-order chi connectivity index (χ1) is 24.8. The SMILES string of the molecule is C1=CC(Nc2ccccc2)C(c2ccc(-c3ccc(-c4ccc(-c5ccccc5)cc4)cc3)cc2)C=C1c1cccc2c1oc1ccccc12. The lowest BCUT2D eigenvalue weighted by Crippen LogP contribution is -2.26. The number of benzene rings is 7. The number of allylic oxidation sites excluding steroid dienone is 2. The van der Waals surface area contributed by atoms with Crippen LogP contribution in [-0.4, -0.2) is 6.04 Å². The van der Waals surface area contributed by atoms with Crippen LogP contribution < -0.4 is 5.32 Å². The van der Waals surface area contributed by atoms with Crippen LogP contribution in [0.15, 0.2) is 199 Å². The molecule has 0 radical (unpaired) electrons. The van der Waals surface area contributed by atoms with Crippen LogP contribution in [0, 0.1) is 0 Å². The van der Waals surface area contributed by atoms with Crippen molar-refractivity contribution in [3.8, 4) is 33.4 Å². The van der Waals surface area contributed by atoms with Crippen LogP contribution in [0.3, 0.4) is 0 Å². The summed E-state index contributed by atoms with van der Waals surface area (Å²) < 4.78 is 6.43. The van der Waals surface area contributed by atoms with E-state index in [1.165, 1.54) is 44.5 Å². The highest BCUT2D eigenvalue weighted by Crippen LogP contribution is 2.39. The zero-order valence-electron chi connectivity index (χ0n) is 27.5. The Morgan fingerprint density at radius 1 is 0.440 bits per heavy atom. The van der Waals surface area contributed by atoms with E-state index in [1.807, 2.05) is 12.1 Å². The Labute approximate surface area is 292 Å². The van der Waals surface area contributed by atoms with Gasteiger partial charge in [-0.2, -0.15) is 0 Å². The second kappa shape index (κ2) is 12.9. The fourth-order valence-electron chi connectivity index (χ4n) is 7.24. The van der Waals surface area contributed by atoms with Gasteiger partial charge in [-0.3, -0.25) is 0 Å². The Balaban J connectivity index is 1.01. The lowest BCUT2D eigenvalue weighted by molar-refractivity contribution is 0.667. The number of hydrogen-bond donors (Lipinski definition) is 1. The first-order valence-corrected chi connectivity index (χ1v) is 17.3. The summed E-state index contributed by atoms with van der Waals surface area (Å²) in [4.78, 5) is 0. The van der Waals surface area contributed by atoms with Crippen molar-refractivity contribution in [1.29, 1.82) is 0 Å². The minimum atomic E-state index is 0.0921. The van der Waals surface area contributed by atoms with Crippen LogP contribution in [0.2, 0.25) is 0 Å². The Morgan fingerprint density at radius 3 is 1.60 bits per heavy atom. The molecular formula is C48H35NO. The number of furan rings is 1. The van der Waals surface area contributed by atoms with Gasteiger partial charge < -0.3 is 9.73 Å². The van der Waals surface area contributed by atoms with Crippen LogP contribution in [0.5, 0.6) is 0 Å². The molecule has 2 nitrogen and oxygen atoms in total. The zero-order chi connectivity index (χ0) is 33.3. The summed E-state index contributed by atoms with van der Waals surface area (Å²) >= 11 is 0. The molecule has 0 amide bonds. The Morgan fingerprint density at radius 2 is 0.960 bits per heavy atom. The topological polar surface area (TPSA) is 25.2 Å². The Bertz CT molecular complexity index is 2470. The van der Waals surface area contributed by atoms with Crippen LogP contribution in [0.4, 0.5) is 5.69 Å². The smallest absolute Gasteiger partial charge is 0.143 e. The van der Waals surface area contributed by atoms with E-state index in [-0.39, 0.29) is 12.0 Å². The molecule has 2 heteroatoms.